The summed E-state index contributed by atoms with van der Waals surface area (Å²) in [5.41, 5.74) is 6.56. The zero-order chi connectivity index (χ0) is 20.4. The molecule has 0 aliphatic heterocycles. The first-order valence-electron chi connectivity index (χ1n) is 9.34. The second kappa shape index (κ2) is 7.84. The van der Waals surface area contributed by atoms with E-state index in [1.54, 1.807) is 6.92 Å². The van der Waals surface area contributed by atoms with Crippen LogP contribution in [-0.4, -0.2) is 26.5 Å². The fourth-order valence-corrected chi connectivity index (χ4v) is 3.66. The van der Waals surface area contributed by atoms with E-state index in [0.717, 1.165) is 22.6 Å². The van der Waals surface area contributed by atoms with Crippen molar-refractivity contribution in [1.29, 1.82) is 0 Å². The molecule has 0 atom stereocenters. The van der Waals surface area contributed by atoms with Gasteiger partial charge in [-0.2, -0.15) is 5.10 Å². The molecule has 0 aliphatic rings. The van der Waals surface area contributed by atoms with E-state index in [2.05, 4.69) is 27.5 Å². The molecule has 146 valence electrons. The maximum Gasteiger partial charge on any atom is 0.268 e. The molecule has 0 bridgehead atoms. The van der Waals surface area contributed by atoms with Crippen LogP contribution in [-0.2, 0) is 13.1 Å². The number of ketones is 1. The number of carbonyl (C=O) groups excluding carboxylic acids is 2. The van der Waals surface area contributed by atoms with Gasteiger partial charge in [-0.3, -0.25) is 14.3 Å². The summed E-state index contributed by atoms with van der Waals surface area (Å²) in [5.74, 6) is -0.262. The van der Waals surface area contributed by atoms with Gasteiger partial charge in [0.05, 0.1) is 12.2 Å². The predicted molar refractivity (Wildman–Crippen MR) is 109 cm³/mol. The van der Waals surface area contributed by atoms with Crippen molar-refractivity contribution in [1.82, 2.24) is 20.1 Å². The first kappa shape index (κ1) is 19.6. The molecule has 2 heterocycles. The fraction of sp³-hybridized carbons (Fsp3) is 0.318. The average molecular weight is 378 g/mol. The molecule has 2 N–H and O–H groups in total. The van der Waals surface area contributed by atoms with Gasteiger partial charge in [-0.25, -0.2) is 0 Å². The lowest BCUT2D eigenvalue weighted by Crippen LogP contribution is -2.24. The Bertz CT molecular complexity index is 1030. The molecule has 0 unspecified atom stereocenters. The van der Waals surface area contributed by atoms with Gasteiger partial charge in [-0.1, -0.05) is 30.3 Å². The highest BCUT2D eigenvalue weighted by Crippen LogP contribution is 2.19. The molecule has 28 heavy (non-hydrogen) atoms. The number of benzene rings is 1. The van der Waals surface area contributed by atoms with Crippen LogP contribution in [0.15, 0.2) is 30.3 Å². The number of hydrogen-bond donors (Lipinski definition) is 2. The predicted octanol–water partition coefficient (Wildman–Crippen LogP) is 3.63. The molecule has 6 heteroatoms. The van der Waals surface area contributed by atoms with Crippen molar-refractivity contribution in [2.75, 3.05) is 0 Å². The summed E-state index contributed by atoms with van der Waals surface area (Å²) in [4.78, 5) is 27.5. The van der Waals surface area contributed by atoms with Crippen LogP contribution in [0, 0.1) is 27.7 Å². The number of aromatic nitrogens is 3. The lowest BCUT2D eigenvalue weighted by Gasteiger charge is -2.07. The normalized spacial score (nSPS) is 10.9. The molecule has 0 saturated heterocycles. The second-order valence-corrected chi connectivity index (χ2v) is 7.16. The molecule has 1 amide bonds. The molecule has 3 rings (SSSR count). The van der Waals surface area contributed by atoms with Crippen LogP contribution in [0.1, 0.15) is 61.5 Å². The molecular weight excluding hydrogens is 352 g/mol. The average Bonchev–Trinajstić information content (AvgIpc) is 3.09. The standard InChI is InChI=1S/C22H26N4O2/c1-13-20(17(5)27)15(3)24-21(13)22(28)23-11-19-14(2)25-26(16(19)4)12-18-9-7-6-8-10-18/h6-10,24H,11-12H2,1-5H3,(H,23,28). The van der Waals surface area contributed by atoms with Crippen molar-refractivity contribution < 1.29 is 9.59 Å². The summed E-state index contributed by atoms with van der Waals surface area (Å²) in [7, 11) is 0. The van der Waals surface area contributed by atoms with Crippen LogP contribution in [0.5, 0.6) is 0 Å². The number of nitrogens with zero attached hydrogens (tertiary/aromatic N) is 2. The number of rotatable bonds is 6. The van der Waals surface area contributed by atoms with Gasteiger partial charge in [0.15, 0.2) is 5.78 Å². The number of aromatic amines is 1. The zero-order valence-electron chi connectivity index (χ0n) is 17.0. The SMILES string of the molecule is CC(=O)c1c(C)[nH]c(C(=O)NCc2c(C)nn(Cc3ccccc3)c2C)c1C. The smallest absolute Gasteiger partial charge is 0.268 e. The van der Waals surface area contributed by atoms with E-state index in [1.165, 1.54) is 12.5 Å². The van der Waals surface area contributed by atoms with Crippen LogP contribution in [0.3, 0.4) is 0 Å². The van der Waals surface area contributed by atoms with Crippen LogP contribution >= 0.6 is 0 Å². The Morgan fingerprint density at radius 3 is 2.39 bits per heavy atom. The molecule has 3 aromatic rings. The first-order valence-corrected chi connectivity index (χ1v) is 9.34. The third kappa shape index (κ3) is 3.76. The minimum Gasteiger partial charge on any atom is -0.354 e. The van der Waals surface area contributed by atoms with Crippen molar-refractivity contribution in [3.8, 4) is 0 Å². The Morgan fingerprint density at radius 2 is 1.79 bits per heavy atom. The van der Waals surface area contributed by atoms with Crippen molar-refractivity contribution in [2.24, 2.45) is 0 Å². The summed E-state index contributed by atoms with van der Waals surface area (Å²) in [6.07, 6.45) is 0. The number of amides is 1. The summed E-state index contributed by atoms with van der Waals surface area (Å²) < 4.78 is 1.96. The Morgan fingerprint density at radius 1 is 1.11 bits per heavy atom. The van der Waals surface area contributed by atoms with Gasteiger partial charge >= 0.3 is 0 Å². The highest BCUT2D eigenvalue weighted by molar-refractivity contribution is 6.02. The van der Waals surface area contributed by atoms with Crippen molar-refractivity contribution in [3.63, 3.8) is 0 Å². The van der Waals surface area contributed by atoms with Crippen LogP contribution in [0.4, 0.5) is 0 Å². The summed E-state index contributed by atoms with van der Waals surface area (Å²) in [5, 5.41) is 7.59. The molecule has 0 aliphatic carbocycles. The lowest BCUT2D eigenvalue weighted by atomic mass is 10.1. The van der Waals surface area contributed by atoms with Crippen LogP contribution in [0.25, 0.3) is 0 Å². The Hall–Kier alpha value is -3.15. The van der Waals surface area contributed by atoms with E-state index in [4.69, 9.17) is 0 Å². The largest absolute Gasteiger partial charge is 0.354 e. The third-order valence-corrected chi connectivity index (χ3v) is 5.15. The number of aryl methyl sites for hydroxylation is 2. The summed E-state index contributed by atoms with van der Waals surface area (Å²) in [6.45, 7) is 10.2. The van der Waals surface area contributed by atoms with E-state index >= 15 is 0 Å². The molecular formula is C22H26N4O2. The van der Waals surface area contributed by atoms with Gasteiger partial charge < -0.3 is 10.3 Å². The Kier molecular flexibility index (Phi) is 5.49. The van der Waals surface area contributed by atoms with Gasteiger partial charge in [-0.15, -0.1) is 0 Å². The van der Waals surface area contributed by atoms with E-state index in [1.807, 2.05) is 43.7 Å². The summed E-state index contributed by atoms with van der Waals surface area (Å²) >= 11 is 0. The van der Waals surface area contributed by atoms with E-state index in [0.29, 0.717) is 29.9 Å². The molecule has 0 spiro atoms. The molecule has 0 radical (unpaired) electrons. The number of Topliss-reactive ketones (excluding diaryl/α,β-unsaturated/α-hetero) is 1. The Balaban J connectivity index is 1.75. The van der Waals surface area contributed by atoms with E-state index in [9.17, 15) is 9.59 Å². The molecule has 6 nitrogen and oxygen atoms in total. The van der Waals surface area contributed by atoms with Crippen molar-refractivity contribution in [3.05, 3.63) is 75.4 Å². The number of nitrogens with one attached hydrogen (secondary N) is 2. The first-order chi connectivity index (χ1) is 13.3. The number of H-pyrrole nitrogens is 1. The van der Waals surface area contributed by atoms with E-state index < -0.39 is 0 Å². The topological polar surface area (TPSA) is 79.8 Å². The summed E-state index contributed by atoms with van der Waals surface area (Å²) in [6, 6.07) is 10.2. The molecule has 1 aromatic carbocycles. The number of carbonyl (C=O) groups is 2. The van der Waals surface area contributed by atoms with Crippen LogP contribution < -0.4 is 5.32 Å². The van der Waals surface area contributed by atoms with Gasteiger partial charge in [0.2, 0.25) is 0 Å². The quantitative estimate of drug-likeness (QED) is 0.643. The maximum absolute atomic E-state index is 12.7. The minimum absolute atomic E-state index is 0.0424. The maximum atomic E-state index is 12.7. The van der Waals surface area contributed by atoms with Gasteiger partial charge in [0, 0.05) is 29.1 Å². The van der Waals surface area contributed by atoms with Crippen molar-refractivity contribution >= 4 is 11.7 Å². The monoisotopic (exact) mass is 378 g/mol. The molecule has 0 fully saturated rings. The van der Waals surface area contributed by atoms with Crippen molar-refractivity contribution in [2.45, 2.75) is 47.7 Å². The highest BCUT2D eigenvalue weighted by Gasteiger charge is 2.20. The second-order valence-electron chi connectivity index (χ2n) is 7.16. The lowest BCUT2D eigenvalue weighted by molar-refractivity contribution is 0.0945. The van der Waals surface area contributed by atoms with Gasteiger partial charge in [0.1, 0.15) is 5.69 Å². The zero-order valence-corrected chi connectivity index (χ0v) is 17.0. The van der Waals surface area contributed by atoms with Gasteiger partial charge in [0.25, 0.3) is 5.91 Å². The van der Waals surface area contributed by atoms with E-state index in [-0.39, 0.29) is 11.7 Å². The Labute approximate surface area is 165 Å². The minimum atomic E-state index is -0.220. The molecule has 0 saturated carbocycles. The third-order valence-electron chi connectivity index (χ3n) is 5.15. The number of hydrogen-bond acceptors (Lipinski definition) is 3. The molecule has 2 aromatic heterocycles. The fourth-order valence-electron chi connectivity index (χ4n) is 3.66. The van der Waals surface area contributed by atoms with Crippen LogP contribution in [0.2, 0.25) is 0 Å². The van der Waals surface area contributed by atoms with Gasteiger partial charge in [-0.05, 0) is 45.7 Å². The highest BCUT2D eigenvalue weighted by atomic mass is 16.2.